The van der Waals surface area contributed by atoms with Gasteiger partial charge in [0.05, 0.1) is 6.10 Å². The van der Waals surface area contributed by atoms with Crippen LogP contribution in [0.5, 0.6) is 0 Å². The summed E-state index contributed by atoms with van der Waals surface area (Å²) in [5, 5.41) is 9.79. The van der Waals surface area contributed by atoms with E-state index >= 15 is 0 Å². The fourth-order valence-corrected chi connectivity index (χ4v) is 2.53. The van der Waals surface area contributed by atoms with Gasteiger partial charge in [-0.15, -0.1) is 0 Å². The van der Waals surface area contributed by atoms with Crippen molar-refractivity contribution in [2.45, 2.75) is 39.2 Å². The van der Waals surface area contributed by atoms with E-state index in [4.69, 9.17) is 0 Å². The monoisotopic (exact) mass is 251 g/mol. The molecule has 0 unspecified atom stereocenters. The van der Waals surface area contributed by atoms with Gasteiger partial charge in [-0.1, -0.05) is 6.42 Å². The molecular weight excluding hydrogens is 229 g/mol. The SMILES string of the molecule is CCN(CC1CCC1)c1ccc(F)cc1[C@@H](C)O. The van der Waals surface area contributed by atoms with Crippen LogP contribution in [0.1, 0.15) is 44.8 Å². The Kier molecular flexibility index (Phi) is 4.23. The zero-order valence-corrected chi connectivity index (χ0v) is 11.2. The molecule has 0 spiro atoms. The number of aliphatic hydroxyl groups excluding tert-OH is 1. The highest BCUT2D eigenvalue weighted by atomic mass is 19.1. The van der Waals surface area contributed by atoms with Crippen LogP contribution in [0, 0.1) is 11.7 Å². The number of hydrogen-bond donors (Lipinski definition) is 1. The zero-order valence-electron chi connectivity index (χ0n) is 11.2. The minimum absolute atomic E-state index is 0.283. The van der Waals surface area contributed by atoms with Gasteiger partial charge in [0.25, 0.3) is 0 Å². The molecule has 1 aromatic rings. The summed E-state index contributed by atoms with van der Waals surface area (Å²) in [5.74, 6) is 0.478. The summed E-state index contributed by atoms with van der Waals surface area (Å²) in [4.78, 5) is 2.26. The highest BCUT2D eigenvalue weighted by Crippen LogP contribution is 2.32. The lowest BCUT2D eigenvalue weighted by Crippen LogP contribution is -2.33. The fourth-order valence-electron chi connectivity index (χ4n) is 2.53. The Morgan fingerprint density at radius 1 is 1.44 bits per heavy atom. The normalized spacial score (nSPS) is 17.3. The zero-order chi connectivity index (χ0) is 13.1. The van der Waals surface area contributed by atoms with Gasteiger partial charge in [-0.3, -0.25) is 0 Å². The molecule has 0 radical (unpaired) electrons. The van der Waals surface area contributed by atoms with Crippen LogP contribution < -0.4 is 4.90 Å². The standard InChI is InChI=1S/C15H22FNO/c1-3-17(10-12-5-4-6-12)15-8-7-13(16)9-14(15)11(2)18/h7-9,11-12,18H,3-6,10H2,1-2H3/t11-/m1/s1. The molecule has 1 atom stereocenters. The maximum Gasteiger partial charge on any atom is 0.123 e. The van der Waals surface area contributed by atoms with Crippen molar-refractivity contribution in [3.05, 3.63) is 29.6 Å². The summed E-state index contributed by atoms with van der Waals surface area (Å²) in [6, 6.07) is 4.72. The molecule has 1 aromatic carbocycles. The summed E-state index contributed by atoms with van der Waals surface area (Å²) < 4.78 is 13.3. The molecule has 0 heterocycles. The van der Waals surface area contributed by atoms with Crippen molar-refractivity contribution >= 4 is 5.69 Å². The third kappa shape index (κ3) is 2.83. The number of nitrogens with zero attached hydrogens (tertiary/aromatic N) is 1. The molecule has 18 heavy (non-hydrogen) atoms. The molecule has 0 bridgehead atoms. The lowest BCUT2D eigenvalue weighted by atomic mass is 9.85. The summed E-state index contributed by atoms with van der Waals surface area (Å²) >= 11 is 0. The van der Waals surface area contributed by atoms with Crippen LogP contribution in [0.2, 0.25) is 0 Å². The molecule has 1 aliphatic rings. The predicted molar refractivity (Wildman–Crippen MR) is 72.3 cm³/mol. The molecule has 0 aromatic heterocycles. The van der Waals surface area contributed by atoms with Crippen LogP contribution in [0.25, 0.3) is 0 Å². The Labute approximate surface area is 108 Å². The quantitative estimate of drug-likeness (QED) is 0.865. The topological polar surface area (TPSA) is 23.5 Å². The van der Waals surface area contributed by atoms with Crippen LogP contribution in [0.4, 0.5) is 10.1 Å². The molecule has 100 valence electrons. The number of hydrogen-bond acceptors (Lipinski definition) is 2. The van der Waals surface area contributed by atoms with Crippen molar-refractivity contribution in [1.29, 1.82) is 0 Å². The second-order valence-electron chi connectivity index (χ2n) is 5.21. The van der Waals surface area contributed by atoms with Crippen molar-refractivity contribution in [3.8, 4) is 0 Å². The molecule has 0 saturated heterocycles. The molecular formula is C15H22FNO. The average Bonchev–Trinajstić information content (AvgIpc) is 2.28. The number of benzene rings is 1. The van der Waals surface area contributed by atoms with Gasteiger partial charge >= 0.3 is 0 Å². The number of aliphatic hydroxyl groups is 1. The second-order valence-corrected chi connectivity index (χ2v) is 5.21. The van der Waals surface area contributed by atoms with E-state index in [9.17, 15) is 9.50 Å². The van der Waals surface area contributed by atoms with Crippen molar-refractivity contribution in [2.75, 3.05) is 18.0 Å². The van der Waals surface area contributed by atoms with Gasteiger partial charge in [0.2, 0.25) is 0 Å². The smallest absolute Gasteiger partial charge is 0.123 e. The first-order chi connectivity index (χ1) is 8.61. The first-order valence-corrected chi connectivity index (χ1v) is 6.84. The summed E-state index contributed by atoms with van der Waals surface area (Å²) in [6.07, 6.45) is 3.28. The van der Waals surface area contributed by atoms with Crippen molar-refractivity contribution in [3.63, 3.8) is 0 Å². The lowest BCUT2D eigenvalue weighted by molar-refractivity contribution is 0.199. The number of halogens is 1. The first-order valence-electron chi connectivity index (χ1n) is 6.84. The summed E-state index contributed by atoms with van der Waals surface area (Å²) in [6.45, 7) is 5.70. The van der Waals surface area contributed by atoms with Crippen molar-refractivity contribution in [2.24, 2.45) is 5.92 Å². The molecule has 0 amide bonds. The van der Waals surface area contributed by atoms with Crippen LogP contribution in [0.3, 0.4) is 0 Å². The van der Waals surface area contributed by atoms with E-state index in [-0.39, 0.29) is 5.82 Å². The first kappa shape index (κ1) is 13.3. The third-order valence-electron chi connectivity index (χ3n) is 3.87. The Morgan fingerprint density at radius 3 is 2.67 bits per heavy atom. The second kappa shape index (κ2) is 5.70. The van der Waals surface area contributed by atoms with E-state index in [1.54, 1.807) is 13.0 Å². The molecule has 2 nitrogen and oxygen atoms in total. The molecule has 1 aliphatic carbocycles. The van der Waals surface area contributed by atoms with Crippen LogP contribution in [0.15, 0.2) is 18.2 Å². The van der Waals surface area contributed by atoms with Gasteiger partial charge in [0.1, 0.15) is 5.82 Å². The van der Waals surface area contributed by atoms with Gasteiger partial charge in [0, 0.05) is 24.3 Å². The molecule has 2 rings (SSSR count). The molecule has 1 N–H and O–H groups in total. The highest BCUT2D eigenvalue weighted by molar-refractivity contribution is 5.54. The molecule has 3 heteroatoms. The lowest BCUT2D eigenvalue weighted by Gasteiger charge is -2.34. The maximum atomic E-state index is 13.3. The fraction of sp³-hybridized carbons (Fsp3) is 0.600. The molecule has 0 aliphatic heterocycles. The van der Waals surface area contributed by atoms with Crippen molar-refractivity contribution < 1.29 is 9.50 Å². The van der Waals surface area contributed by atoms with E-state index in [2.05, 4.69) is 11.8 Å². The predicted octanol–water partition coefficient (Wildman–Crippen LogP) is 3.51. The van der Waals surface area contributed by atoms with Gasteiger partial charge in [-0.25, -0.2) is 4.39 Å². The number of anilines is 1. The van der Waals surface area contributed by atoms with Crippen LogP contribution in [-0.4, -0.2) is 18.2 Å². The number of rotatable bonds is 5. The minimum atomic E-state index is -0.633. The Bertz CT molecular complexity index is 401. The van der Waals surface area contributed by atoms with Crippen molar-refractivity contribution in [1.82, 2.24) is 0 Å². The van der Waals surface area contributed by atoms with Gasteiger partial charge in [-0.05, 0) is 50.8 Å². The molecule has 1 fully saturated rings. The summed E-state index contributed by atoms with van der Waals surface area (Å²) in [5.41, 5.74) is 1.66. The average molecular weight is 251 g/mol. The van der Waals surface area contributed by atoms with E-state index < -0.39 is 6.10 Å². The van der Waals surface area contributed by atoms with Gasteiger partial charge in [0.15, 0.2) is 0 Å². The highest BCUT2D eigenvalue weighted by Gasteiger charge is 2.22. The summed E-state index contributed by atoms with van der Waals surface area (Å²) in [7, 11) is 0. The largest absolute Gasteiger partial charge is 0.389 e. The van der Waals surface area contributed by atoms with Crippen LogP contribution in [-0.2, 0) is 0 Å². The Hall–Kier alpha value is -1.09. The van der Waals surface area contributed by atoms with Gasteiger partial charge < -0.3 is 10.0 Å². The van der Waals surface area contributed by atoms with Crippen LogP contribution >= 0.6 is 0 Å². The van der Waals surface area contributed by atoms with E-state index in [0.29, 0.717) is 5.56 Å². The third-order valence-corrected chi connectivity index (χ3v) is 3.87. The van der Waals surface area contributed by atoms with E-state index in [1.165, 1.54) is 31.4 Å². The Balaban J connectivity index is 2.22. The molecule has 1 saturated carbocycles. The Morgan fingerprint density at radius 2 is 2.17 bits per heavy atom. The van der Waals surface area contributed by atoms with E-state index in [0.717, 1.165) is 24.7 Å². The van der Waals surface area contributed by atoms with Gasteiger partial charge in [-0.2, -0.15) is 0 Å². The minimum Gasteiger partial charge on any atom is -0.389 e. The maximum absolute atomic E-state index is 13.3. The van der Waals surface area contributed by atoms with E-state index in [1.807, 2.05) is 0 Å².